The summed E-state index contributed by atoms with van der Waals surface area (Å²) in [6, 6.07) is 5.74. The molecule has 1 aliphatic heterocycles. The van der Waals surface area contributed by atoms with Crippen molar-refractivity contribution >= 4 is 44.4 Å². The quantitative estimate of drug-likeness (QED) is 0.701. The summed E-state index contributed by atoms with van der Waals surface area (Å²) in [4.78, 5) is 13.8. The number of nitrogens with zero attached hydrogens (tertiary/aromatic N) is 1. The lowest BCUT2D eigenvalue weighted by Crippen LogP contribution is -2.42. The van der Waals surface area contributed by atoms with Crippen LogP contribution in [0.3, 0.4) is 0 Å². The standard InChI is InChI=1S/C10H9BrINO/c11-8-4-1-3-7(9(8)12)10(14)13-5-2-6-13/h1,3-4H,2,5-6H2. The monoisotopic (exact) mass is 365 g/mol. The number of likely N-dealkylation sites (tertiary alicyclic amines) is 1. The lowest BCUT2D eigenvalue weighted by Gasteiger charge is -2.31. The Morgan fingerprint density at radius 3 is 2.71 bits per heavy atom. The summed E-state index contributed by atoms with van der Waals surface area (Å²) in [5, 5.41) is 0. The Morgan fingerprint density at radius 2 is 2.14 bits per heavy atom. The summed E-state index contributed by atoms with van der Waals surface area (Å²) < 4.78 is 1.99. The van der Waals surface area contributed by atoms with E-state index >= 15 is 0 Å². The molecule has 0 atom stereocenters. The van der Waals surface area contributed by atoms with Gasteiger partial charge in [0, 0.05) is 21.1 Å². The predicted octanol–water partition coefficient (Wildman–Crippen LogP) is 2.90. The van der Waals surface area contributed by atoms with Gasteiger partial charge in [-0.25, -0.2) is 0 Å². The second kappa shape index (κ2) is 4.18. The van der Waals surface area contributed by atoms with Gasteiger partial charge >= 0.3 is 0 Å². The maximum Gasteiger partial charge on any atom is 0.254 e. The smallest absolute Gasteiger partial charge is 0.254 e. The fraction of sp³-hybridized carbons (Fsp3) is 0.300. The van der Waals surface area contributed by atoms with Gasteiger partial charge in [0.1, 0.15) is 0 Å². The first-order chi connectivity index (χ1) is 6.70. The molecule has 0 unspecified atom stereocenters. The van der Waals surface area contributed by atoms with Crippen molar-refractivity contribution < 1.29 is 4.79 Å². The summed E-state index contributed by atoms with van der Waals surface area (Å²) >= 11 is 5.62. The van der Waals surface area contributed by atoms with Gasteiger partial charge in [-0.05, 0) is 57.1 Å². The van der Waals surface area contributed by atoms with E-state index in [1.54, 1.807) is 0 Å². The van der Waals surface area contributed by atoms with Crippen molar-refractivity contribution in [2.45, 2.75) is 6.42 Å². The highest BCUT2D eigenvalue weighted by Crippen LogP contribution is 2.24. The number of carbonyl (C=O) groups excluding carboxylic acids is 1. The summed E-state index contributed by atoms with van der Waals surface area (Å²) in [6.45, 7) is 1.81. The van der Waals surface area contributed by atoms with Crippen molar-refractivity contribution in [3.05, 3.63) is 31.8 Å². The third-order valence-electron chi connectivity index (χ3n) is 2.33. The lowest BCUT2D eigenvalue weighted by atomic mass is 10.1. The average molecular weight is 366 g/mol. The second-order valence-electron chi connectivity index (χ2n) is 3.25. The van der Waals surface area contributed by atoms with Gasteiger partial charge in [0.2, 0.25) is 0 Å². The minimum Gasteiger partial charge on any atom is -0.338 e. The molecule has 0 aromatic heterocycles. The molecule has 0 aliphatic carbocycles. The molecule has 74 valence electrons. The zero-order chi connectivity index (χ0) is 10.1. The Morgan fingerprint density at radius 1 is 1.43 bits per heavy atom. The van der Waals surface area contributed by atoms with Gasteiger partial charge < -0.3 is 4.90 Å². The molecule has 4 heteroatoms. The largest absolute Gasteiger partial charge is 0.338 e. The second-order valence-corrected chi connectivity index (χ2v) is 5.18. The lowest BCUT2D eigenvalue weighted by molar-refractivity contribution is 0.0650. The predicted molar refractivity (Wildman–Crippen MR) is 67.4 cm³/mol. The molecule has 1 saturated heterocycles. The van der Waals surface area contributed by atoms with E-state index < -0.39 is 0 Å². The molecule has 1 fully saturated rings. The van der Waals surface area contributed by atoms with E-state index in [4.69, 9.17) is 0 Å². The average Bonchev–Trinajstić information content (AvgIpc) is 2.06. The van der Waals surface area contributed by atoms with Gasteiger partial charge in [0.15, 0.2) is 0 Å². The number of benzene rings is 1. The van der Waals surface area contributed by atoms with Gasteiger partial charge in [0.05, 0.1) is 5.56 Å². The van der Waals surface area contributed by atoms with Crippen molar-refractivity contribution in [3.8, 4) is 0 Å². The van der Waals surface area contributed by atoms with Crippen LogP contribution in [0.25, 0.3) is 0 Å². The highest BCUT2D eigenvalue weighted by atomic mass is 127. The summed E-state index contributed by atoms with van der Waals surface area (Å²) in [5.74, 6) is 0.155. The molecule has 0 saturated carbocycles. The van der Waals surface area contributed by atoms with Crippen LogP contribution in [-0.2, 0) is 0 Å². The zero-order valence-corrected chi connectivity index (χ0v) is 11.2. The molecular weight excluding hydrogens is 357 g/mol. The molecule has 0 radical (unpaired) electrons. The van der Waals surface area contributed by atoms with Crippen LogP contribution in [0, 0.1) is 3.57 Å². The van der Waals surface area contributed by atoms with Gasteiger partial charge in [-0.1, -0.05) is 6.07 Å². The van der Waals surface area contributed by atoms with E-state index in [1.807, 2.05) is 23.1 Å². The Bertz CT molecular complexity index is 376. The van der Waals surface area contributed by atoms with Crippen LogP contribution in [0.1, 0.15) is 16.8 Å². The van der Waals surface area contributed by atoms with Crippen molar-refractivity contribution in [2.24, 2.45) is 0 Å². The number of hydrogen-bond donors (Lipinski definition) is 0. The van der Waals surface area contributed by atoms with Crippen LogP contribution < -0.4 is 0 Å². The van der Waals surface area contributed by atoms with Crippen LogP contribution in [-0.4, -0.2) is 23.9 Å². The Balaban J connectivity index is 2.31. The van der Waals surface area contributed by atoms with Crippen molar-refractivity contribution in [2.75, 3.05) is 13.1 Å². The summed E-state index contributed by atoms with van der Waals surface area (Å²) in [7, 11) is 0. The molecule has 1 aliphatic rings. The molecular formula is C10H9BrINO. The topological polar surface area (TPSA) is 20.3 Å². The van der Waals surface area contributed by atoms with E-state index in [1.165, 1.54) is 0 Å². The molecule has 2 rings (SSSR count). The maximum absolute atomic E-state index is 11.9. The van der Waals surface area contributed by atoms with Gasteiger partial charge in [-0.3, -0.25) is 4.79 Å². The van der Waals surface area contributed by atoms with Crippen molar-refractivity contribution in [3.63, 3.8) is 0 Å². The fourth-order valence-electron chi connectivity index (χ4n) is 1.36. The maximum atomic E-state index is 11.9. The first-order valence-corrected chi connectivity index (χ1v) is 6.30. The Kier molecular flexibility index (Phi) is 3.11. The number of rotatable bonds is 1. The summed E-state index contributed by atoms with van der Waals surface area (Å²) in [6.07, 6.45) is 1.14. The van der Waals surface area contributed by atoms with E-state index in [-0.39, 0.29) is 5.91 Å². The number of amides is 1. The summed E-state index contributed by atoms with van der Waals surface area (Å²) in [5.41, 5.74) is 0.805. The first-order valence-electron chi connectivity index (χ1n) is 4.43. The van der Waals surface area contributed by atoms with E-state index in [0.717, 1.165) is 33.1 Å². The third-order valence-corrected chi connectivity index (χ3v) is 4.89. The van der Waals surface area contributed by atoms with Crippen molar-refractivity contribution in [1.82, 2.24) is 4.90 Å². The van der Waals surface area contributed by atoms with Crippen LogP contribution in [0.4, 0.5) is 0 Å². The molecule has 14 heavy (non-hydrogen) atoms. The SMILES string of the molecule is O=C(c1cccc(Br)c1I)N1CCC1. The van der Waals surface area contributed by atoms with E-state index in [2.05, 4.69) is 38.5 Å². The number of carbonyl (C=O) groups is 1. The van der Waals surface area contributed by atoms with Crippen LogP contribution in [0.15, 0.2) is 22.7 Å². The van der Waals surface area contributed by atoms with Gasteiger partial charge in [0.25, 0.3) is 5.91 Å². The zero-order valence-electron chi connectivity index (χ0n) is 7.46. The van der Waals surface area contributed by atoms with Crippen LogP contribution in [0.2, 0.25) is 0 Å². The molecule has 1 aromatic rings. The third kappa shape index (κ3) is 1.82. The minimum atomic E-state index is 0.155. The molecule has 1 heterocycles. The minimum absolute atomic E-state index is 0.155. The van der Waals surface area contributed by atoms with E-state index in [0.29, 0.717) is 0 Å². The molecule has 0 N–H and O–H groups in total. The Hall–Kier alpha value is -0.100. The van der Waals surface area contributed by atoms with Crippen LogP contribution >= 0.6 is 38.5 Å². The highest BCUT2D eigenvalue weighted by molar-refractivity contribution is 14.1. The molecule has 0 bridgehead atoms. The number of hydrogen-bond acceptors (Lipinski definition) is 1. The molecule has 1 aromatic carbocycles. The molecule has 1 amide bonds. The van der Waals surface area contributed by atoms with Crippen molar-refractivity contribution in [1.29, 1.82) is 0 Å². The Labute approximate surface area is 105 Å². The van der Waals surface area contributed by atoms with E-state index in [9.17, 15) is 4.79 Å². The molecule has 0 spiro atoms. The highest BCUT2D eigenvalue weighted by Gasteiger charge is 2.23. The van der Waals surface area contributed by atoms with Gasteiger partial charge in [-0.2, -0.15) is 0 Å². The molecule has 2 nitrogen and oxygen atoms in total. The first kappa shape index (κ1) is 10.4. The number of halogens is 2. The van der Waals surface area contributed by atoms with Gasteiger partial charge in [-0.15, -0.1) is 0 Å². The normalized spacial score (nSPS) is 15.1. The van der Waals surface area contributed by atoms with Crippen LogP contribution in [0.5, 0.6) is 0 Å². The fourth-order valence-corrected chi connectivity index (χ4v) is 2.32.